The van der Waals surface area contributed by atoms with Crippen molar-refractivity contribution in [1.82, 2.24) is 5.32 Å². The third-order valence-corrected chi connectivity index (χ3v) is 4.17. The fraction of sp³-hybridized carbons (Fsp3) is 0.300. The van der Waals surface area contributed by atoms with Gasteiger partial charge in [-0.1, -0.05) is 48.5 Å². The molecule has 1 aliphatic heterocycles. The van der Waals surface area contributed by atoms with Crippen molar-refractivity contribution in [3.8, 4) is 0 Å². The first-order valence-corrected chi connectivity index (χ1v) is 8.45. The zero-order valence-electron chi connectivity index (χ0n) is 14.6. The summed E-state index contributed by atoms with van der Waals surface area (Å²) in [6.45, 7) is 2.39. The number of amides is 1. The maximum absolute atomic E-state index is 12.6. The van der Waals surface area contributed by atoms with Crippen molar-refractivity contribution in [3.63, 3.8) is 0 Å². The van der Waals surface area contributed by atoms with Gasteiger partial charge in [0.1, 0.15) is 5.71 Å². The smallest absolute Gasteiger partial charge is 0.267 e. The third kappa shape index (κ3) is 4.06. The summed E-state index contributed by atoms with van der Waals surface area (Å²) in [7, 11) is 1.62. The van der Waals surface area contributed by atoms with Gasteiger partial charge in [0.05, 0.1) is 18.3 Å². The zero-order chi connectivity index (χ0) is 17.6. The van der Waals surface area contributed by atoms with E-state index in [-0.39, 0.29) is 18.0 Å². The summed E-state index contributed by atoms with van der Waals surface area (Å²) in [6.07, 6.45) is 0.574. The molecule has 0 unspecified atom stereocenters. The van der Waals surface area contributed by atoms with Gasteiger partial charge in [0.2, 0.25) is 0 Å². The van der Waals surface area contributed by atoms with Crippen LogP contribution in [0.25, 0.3) is 0 Å². The molecule has 0 fully saturated rings. The average Bonchev–Trinajstić information content (AvgIpc) is 3.09. The van der Waals surface area contributed by atoms with E-state index in [2.05, 4.69) is 22.6 Å². The molecular formula is C20H23N3O2. The van der Waals surface area contributed by atoms with Crippen LogP contribution in [0.4, 0.5) is 5.69 Å². The Kier molecular flexibility index (Phi) is 5.46. The first kappa shape index (κ1) is 17.2. The molecule has 5 nitrogen and oxygen atoms in total. The second-order valence-corrected chi connectivity index (χ2v) is 6.19. The molecule has 3 rings (SSSR count). The molecule has 0 saturated heterocycles. The van der Waals surface area contributed by atoms with Gasteiger partial charge in [0.25, 0.3) is 5.91 Å². The van der Waals surface area contributed by atoms with Crippen LogP contribution in [0.3, 0.4) is 0 Å². The Morgan fingerprint density at radius 3 is 2.48 bits per heavy atom. The minimum atomic E-state index is -0.135. The van der Waals surface area contributed by atoms with Crippen molar-refractivity contribution in [2.45, 2.75) is 25.4 Å². The molecule has 1 N–H and O–H groups in total. The number of methoxy groups -OCH3 is 1. The van der Waals surface area contributed by atoms with Gasteiger partial charge in [-0.05, 0) is 24.6 Å². The zero-order valence-corrected chi connectivity index (χ0v) is 14.6. The molecule has 2 aromatic rings. The van der Waals surface area contributed by atoms with Crippen LogP contribution in [0.5, 0.6) is 0 Å². The van der Waals surface area contributed by atoms with E-state index in [1.54, 1.807) is 7.11 Å². The Labute approximate surface area is 148 Å². The van der Waals surface area contributed by atoms with Crippen LogP contribution in [0.1, 0.15) is 24.9 Å². The topological polar surface area (TPSA) is 53.9 Å². The molecule has 1 heterocycles. The molecule has 0 radical (unpaired) electrons. The Balaban J connectivity index is 1.85. The van der Waals surface area contributed by atoms with E-state index in [0.29, 0.717) is 18.7 Å². The number of carbonyl (C=O) groups is 1. The molecule has 130 valence electrons. The van der Waals surface area contributed by atoms with Gasteiger partial charge in [-0.25, -0.2) is 0 Å². The van der Waals surface area contributed by atoms with Crippen LogP contribution in [-0.4, -0.2) is 31.4 Å². The highest BCUT2D eigenvalue weighted by Crippen LogP contribution is 2.34. The van der Waals surface area contributed by atoms with Crippen molar-refractivity contribution in [2.24, 2.45) is 5.10 Å². The number of anilines is 1. The lowest BCUT2D eigenvalue weighted by atomic mass is 10.0. The number of hydrogen-bond acceptors (Lipinski definition) is 4. The second-order valence-electron chi connectivity index (χ2n) is 6.19. The number of nitrogens with one attached hydrogen (secondary N) is 1. The summed E-state index contributed by atoms with van der Waals surface area (Å²) in [5, 5.41) is 9.51. The molecule has 0 bridgehead atoms. The molecule has 0 saturated carbocycles. The van der Waals surface area contributed by atoms with Gasteiger partial charge in [-0.2, -0.15) is 5.10 Å². The number of ether oxygens (including phenoxy) is 1. The quantitative estimate of drug-likeness (QED) is 0.881. The molecule has 0 aliphatic carbocycles. The van der Waals surface area contributed by atoms with E-state index in [0.717, 1.165) is 11.3 Å². The standard InChI is InChI=1S/C20H23N3O2/c1-15(14-25-2)21-20(24)18-13-19(16-9-5-3-6-10-16)23(22-18)17-11-7-4-8-12-17/h3-12,15,19H,13-14H2,1-2H3,(H,21,24)/t15-,19-/m0/s1. The predicted octanol–water partition coefficient (Wildman–Crippen LogP) is 3.15. The second kappa shape index (κ2) is 7.94. The van der Waals surface area contributed by atoms with Crippen LogP contribution < -0.4 is 10.3 Å². The monoisotopic (exact) mass is 337 g/mol. The number of hydrazone groups is 1. The highest BCUT2D eigenvalue weighted by atomic mass is 16.5. The number of para-hydroxylation sites is 1. The maximum Gasteiger partial charge on any atom is 0.267 e. The van der Waals surface area contributed by atoms with Gasteiger partial charge >= 0.3 is 0 Å². The average molecular weight is 337 g/mol. The summed E-state index contributed by atoms with van der Waals surface area (Å²) in [5.41, 5.74) is 2.66. The number of carbonyl (C=O) groups excluding carboxylic acids is 1. The molecule has 1 amide bonds. The Hall–Kier alpha value is -2.66. The molecular weight excluding hydrogens is 314 g/mol. The van der Waals surface area contributed by atoms with E-state index in [1.807, 2.05) is 60.5 Å². The van der Waals surface area contributed by atoms with Crippen LogP contribution in [0, 0.1) is 0 Å². The lowest BCUT2D eigenvalue weighted by molar-refractivity contribution is -0.115. The largest absolute Gasteiger partial charge is 0.383 e. The van der Waals surface area contributed by atoms with Gasteiger partial charge in [0.15, 0.2) is 0 Å². The van der Waals surface area contributed by atoms with Crippen molar-refractivity contribution < 1.29 is 9.53 Å². The van der Waals surface area contributed by atoms with Gasteiger partial charge in [-0.3, -0.25) is 9.80 Å². The summed E-state index contributed by atoms with van der Waals surface area (Å²) in [5.74, 6) is -0.135. The van der Waals surface area contributed by atoms with E-state index in [9.17, 15) is 4.79 Å². The van der Waals surface area contributed by atoms with Crippen LogP contribution in [0.2, 0.25) is 0 Å². The van der Waals surface area contributed by atoms with E-state index in [1.165, 1.54) is 0 Å². The highest BCUT2D eigenvalue weighted by molar-refractivity contribution is 6.39. The van der Waals surface area contributed by atoms with Gasteiger partial charge in [0, 0.05) is 19.6 Å². The van der Waals surface area contributed by atoms with Crippen molar-refractivity contribution >= 4 is 17.3 Å². The Bertz CT molecular complexity index is 731. The summed E-state index contributed by atoms with van der Waals surface area (Å²) < 4.78 is 5.08. The van der Waals surface area contributed by atoms with E-state index >= 15 is 0 Å². The normalized spacial score (nSPS) is 17.9. The molecule has 0 aromatic heterocycles. The van der Waals surface area contributed by atoms with E-state index in [4.69, 9.17) is 4.74 Å². The SMILES string of the molecule is COC[C@H](C)NC(=O)C1=NN(c2ccccc2)[C@H](c2ccccc2)C1. The number of nitrogens with zero attached hydrogens (tertiary/aromatic N) is 2. The van der Waals surface area contributed by atoms with Crippen molar-refractivity contribution in [1.29, 1.82) is 0 Å². The summed E-state index contributed by atoms with van der Waals surface area (Å²) >= 11 is 0. The van der Waals surface area contributed by atoms with Gasteiger partial charge < -0.3 is 10.1 Å². The molecule has 5 heteroatoms. The summed E-state index contributed by atoms with van der Waals surface area (Å²) in [4.78, 5) is 12.6. The maximum atomic E-state index is 12.6. The van der Waals surface area contributed by atoms with Crippen molar-refractivity contribution in [3.05, 3.63) is 66.2 Å². The molecule has 2 atom stereocenters. The van der Waals surface area contributed by atoms with Gasteiger partial charge in [-0.15, -0.1) is 0 Å². The lowest BCUT2D eigenvalue weighted by Gasteiger charge is -2.23. The van der Waals surface area contributed by atoms with Crippen LogP contribution >= 0.6 is 0 Å². The number of hydrogen-bond donors (Lipinski definition) is 1. The fourth-order valence-corrected chi connectivity index (χ4v) is 3.00. The van der Waals surface area contributed by atoms with Crippen LogP contribution in [-0.2, 0) is 9.53 Å². The van der Waals surface area contributed by atoms with Crippen molar-refractivity contribution in [2.75, 3.05) is 18.7 Å². The predicted molar refractivity (Wildman–Crippen MR) is 99.6 cm³/mol. The number of rotatable bonds is 6. The molecule has 2 aromatic carbocycles. The lowest BCUT2D eigenvalue weighted by Crippen LogP contribution is -2.39. The third-order valence-electron chi connectivity index (χ3n) is 4.17. The molecule has 25 heavy (non-hydrogen) atoms. The minimum absolute atomic E-state index is 0.0158. The minimum Gasteiger partial charge on any atom is -0.383 e. The molecule has 1 aliphatic rings. The van der Waals surface area contributed by atoms with Crippen LogP contribution in [0.15, 0.2) is 65.8 Å². The summed E-state index contributed by atoms with van der Waals surface area (Å²) in [6, 6.07) is 20.1. The fourth-order valence-electron chi connectivity index (χ4n) is 3.00. The number of benzene rings is 2. The Morgan fingerprint density at radius 1 is 1.20 bits per heavy atom. The Morgan fingerprint density at radius 2 is 1.84 bits per heavy atom. The van der Waals surface area contributed by atoms with E-state index < -0.39 is 0 Å². The highest BCUT2D eigenvalue weighted by Gasteiger charge is 2.32. The first-order valence-electron chi connectivity index (χ1n) is 8.45. The molecule has 0 spiro atoms. The first-order chi connectivity index (χ1) is 12.2.